The van der Waals surface area contributed by atoms with E-state index in [2.05, 4.69) is 28.9 Å². The summed E-state index contributed by atoms with van der Waals surface area (Å²) >= 11 is 2.73. The number of carbonyl (C=O) groups is 1. The van der Waals surface area contributed by atoms with E-state index < -0.39 is 5.97 Å². The molecular weight excluding hydrogens is 282 g/mol. The normalized spacial score (nSPS) is 18.5. The summed E-state index contributed by atoms with van der Waals surface area (Å²) in [5.74, 6) is -0.777. The molecule has 0 spiro atoms. The lowest BCUT2D eigenvalue weighted by atomic mass is 9.78. The Morgan fingerprint density at radius 1 is 1.47 bits per heavy atom. The Labute approximate surface area is 121 Å². The molecule has 0 radical (unpaired) electrons. The van der Waals surface area contributed by atoms with Gasteiger partial charge in [-0.3, -0.25) is 4.79 Å². The van der Waals surface area contributed by atoms with Crippen molar-refractivity contribution >= 4 is 34.2 Å². The highest BCUT2D eigenvalue weighted by molar-refractivity contribution is 8.01. The number of piperidine rings is 1. The molecule has 1 aromatic rings. The quantitative estimate of drug-likeness (QED) is 0.844. The smallest absolute Gasteiger partial charge is 0.313 e. The molecule has 1 saturated heterocycles. The average Bonchev–Trinajstić information content (AvgIpc) is 2.86. The van der Waals surface area contributed by atoms with Crippen molar-refractivity contribution in [3.8, 4) is 0 Å². The zero-order chi connectivity index (χ0) is 13.9. The summed E-state index contributed by atoms with van der Waals surface area (Å²) < 4.78 is 0.737. The zero-order valence-corrected chi connectivity index (χ0v) is 12.9. The van der Waals surface area contributed by atoms with Gasteiger partial charge >= 0.3 is 5.97 Å². The molecule has 0 amide bonds. The predicted molar refractivity (Wildman–Crippen MR) is 78.1 cm³/mol. The zero-order valence-electron chi connectivity index (χ0n) is 11.3. The number of carboxylic acid groups (broad SMARTS) is 1. The fourth-order valence-corrected chi connectivity index (χ4v) is 3.72. The number of aromatic nitrogens is 2. The molecule has 1 fully saturated rings. The predicted octanol–water partition coefficient (Wildman–Crippen LogP) is 2.73. The fourth-order valence-electron chi connectivity index (χ4n) is 2.10. The van der Waals surface area contributed by atoms with Crippen molar-refractivity contribution in [3.05, 3.63) is 0 Å². The van der Waals surface area contributed by atoms with Crippen molar-refractivity contribution in [1.29, 1.82) is 0 Å². The molecule has 5 nitrogen and oxygen atoms in total. The summed E-state index contributed by atoms with van der Waals surface area (Å²) in [6.45, 7) is 6.63. The van der Waals surface area contributed by atoms with Gasteiger partial charge in [0.25, 0.3) is 0 Å². The molecule has 1 aromatic heterocycles. The third-order valence-electron chi connectivity index (χ3n) is 3.81. The number of rotatable bonds is 5. The first kappa shape index (κ1) is 14.6. The average molecular weight is 301 g/mol. The van der Waals surface area contributed by atoms with Gasteiger partial charge < -0.3 is 10.0 Å². The first-order chi connectivity index (χ1) is 9.02. The molecule has 1 aliphatic heterocycles. The maximum Gasteiger partial charge on any atom is 0.313 e. The standard InChI is InChI=1S/C12H19N3O2S2/c1-3-12(2)4-6-15(7-5-12)10-13-14-11(19-10)18-8-9(16)17/h3-8H2,1-2H3,(H,16,17). The molecule has 2 rings (SSSR count). The minimum Gasteiger partial charge on any atom is -0.481 e. The van der Waals surface area contributed by atoms with Gasteiger partial charge in [-0.2, -0.15) is 0 Å². The summed E-state index contributed by atoms with van der Waals surface area (Å²) in [5.41, 5.74) is 0.460. The molecule has 7 heteroatoms. The third-order valence-corrected chi connectivity index (χ3v) is 5.91. The lowest BCUT2D eigenvalue weighted by Crippen LogP contribution is -2.38. The van der Waals surface area contributed by atoms with Crippen molar-refractivity contribution in [2.45, 2.75) is 37.4 Å². The van der Waals surface area contributed by atoms with E-state index in [9.17, 15) is 4.79 Å². The molecular formula is C12H19N3O2S2. The summed E-state index contributed by atoms with van der Waals surface area (Å²) in [6.07, 6.45) is 3.58. The van der Waals surface area contributed by atoms with Gasteiger partial charge in [0.2, 0.25) is 5.13 Å². The minimum atomic E-state index is -0.821. The number of anilines is 1. The van der Waals surface area contributed by atoms with Crippen LogP contribution < -0.4 is 4.90 Å². The molecule has 1 aliphatic rings. The second-order valence-corrected chi connectivity index (χ2v) is 7.36. The molecule has 106 valence electrons. The van der Waals surface area contributed by atoms with Gasteiger partial charge in [0.15, 0.2) is 4.34 Å². The van der Waals surface area contributed by atoms with Gasteiger partial charge in [0, 0.05) is 13.1 Å². The van der Waals surface area contributed by atoms with Crippen LogP contribution >= 0.6 is 23.1 Å². The summed E-state index contributed by atoms with van der Waals surface area (Å²) in [7, 11) is 0. The molecule has 0 atom stereocenters. The van der Waals surface area contributed by atoms with E-state index in [1.165, 1.54) is 42.4 Å². The molecule has 0 aromatic carbocycles. The highest BCUT2D eigenvalue weighted by Gasteiger charge is 2.29. The highest BCUT2D eigenvalue weighted by atomic mass is 32.2. The second kappa shape index (κ2) is 6.09. The summed E-state index contributed by atoms with van der Waals surface area (Å²) in [6, 6.07) is 0. The Morgan fingerprint density at radius 2 is 2.16 bits per heavy atom. The van der Waals surface area contributed by atoms with E-state index >= 15 is 0 Å². The topological polar surface area (TPSA) is 66.3 Å². The lowest BCUT2D eigenvalue weighted by molar-refractivity contribution is -0.133. The Bertz CT molecular complexity index is 442. The first-order valence-corrected chi connectivity index (χ1v) is 8.26. The van der Waals surface area contributed by atoms with Crippen LogP contribution in [0, 0.1) is 5.41 Å². The Morgan fingerprint density at radius 3 is 2.74 bits per heavy atom. The molecule has 0 saturated carbocycles. The van der Waals surface area contributed by atoms with Crippen LogP contribution in [0.3, 0.4) is 0 Å². The van der Waals surface area contributed by atoms with Crippen LogP contribution in [-0.4, -0.2) is 40.1 Å². The van der Waals surface area contributed by atoms with Gasteiger partial charge in [0.05, 0.1) is 5.75 Å². The van der Waals surface area contributed by atoms with Crippen LogP contribution in [0.4, 0.5) is 5.13 Å². The number of hydrogen-bond donors (Lipinski definition) is 1. The molecule has 1 N–H and O–H groups in total. The largest absolute Gasteiger partial charge is 0.481 e. The van der Waals surface area contributed by atoms with E-state index in [-0.39, 0.29) is 5.75 Å². The minimum absolute atomic E-state index is 0.0442. The SMILES string of the molecule is CCC1(C)CCN(c2nnc(SCC(=O)O)s2)CC1. The maximum absolute atomic E-state index is 10.5. The first-order valence-electron chi connectivity index (χ1n) is 6.45. The van der Waals surface area contributed by atoms with Crippen LogP contribution in [0.25, 0.3) is 0 Å². The second-order valence-electron chi connectivity index (χ2n) is 5.18. The molecule has 0 unspecified atom stereocenters. The van der Waals surface area contributed by atoms with E-state index in [0.717, 1.165) is 22.6 Å². The Balaban J connectivity index is 1.91. The fraction of sp³-hybridized carbons (Fsp3) is 0.750. The number of thioether (sulfide) groups is 1. The van der Waals surface area contributed by atoms with E-state index in [0.29, 0.717) is 5.41 Å². The number of aliphatic carboxylic acids is 1. The van der Waals surface area contributed by atoms with Gasteiger partial charge in [-0.05, 0) is 18.3 Å². The third kappa shape index (κ3) is 3.82. The summed E-state index contributed by atoms with van der Waals surface area (Å²) in [5, 5.41) is 17.8. The van der Waals surface area contributed by atoms with Gasteiger partial charge in [-0.1, -0.05) is 43.4 Å². The van der Waals surface area contributed by atoms with Crippen molar-refractivity contribution in [2.24, 2.45) is 5.41 Å². The monoisotopic (exact) mass is 301 g/mol. The van der Waals surface area contributed by atoms with Gasteiger partial charge in [-0.15, -0.1) is 10.2 Å². The van der Waals surface area contributed by atoms with Crippen LogP contribution in [0.15, 0.2) is 4.34 Å². The van der Waals surface area contributed by atoms with E-state index in [1.54, 1.807) is 0 Å². The lowest BCUT2D eigenvalue weighted by Gasteiger charge is -2.38. The van der Waals surface area contributed by atoms with Crippen molar-refractivity contribution in [3.63, 3.8) is 0 Å². The van der Waals surface area contributed by atoms with Crippen LogP contribution in [-0.2, 0) is 4.79 Å². The Hall–Kier alpha value is -0.820. The Kier molecular flexibility index (Phi) is 4.67. The highest BCUT2D eigenvalue weighted by Crippen LogP contribution is 2.37. The molecule has 0 aliphatic carbocycles. The maximum atomic E-state index is 10.5. The van der Waals surface area contributed by atoms with Gasteiger partial charge in [-0.25, -0.2) is 0 Å². The van der Waals surface area contributed by atoms with Crippen LogP contribution in [0.2, 0.25) is 0 Å². The summed E-state index contributed by atoms with van der Waals surface area (Å²) in [4.78, 5) is 12.8. The molecule has 2 heterocycles. The number of carboxylic acids is 1. The van der Waals surface area contributed by atoms with Crippen molar-refractivity contribution in [2.75, 3.05) is 23.7 Å². The van der Waals surface area contributed by atoms with Gasteiger partial charge in [0.1, 0.15) is 0 Å². The molecule has 0 bridgehead atoms. The van der Waals surface area contributed by atoms with Crippen LogP contribution in [0.5, 0.6) is 0 Å². The number of nitrogens with zero attached hydrogens (tertiary/aromatic N) is 3. The molecule has 19 heavy (non-hydrogen) atoms. The van der Waals surface area contributed by atoms with Crippen molar-refractivity contribution < 1.29 is 9.90 Å². The van der Waals surface area contributed by atoms with E-state index in [4.69, 9.17) is 5.11 Å². The van der Waals surface area contributed by atoms with Crippen molar-refractivity contribution in [1.82, 2.24) is 10.2 Å². The van der Waals surface area contributed by atoms with Crippen LogP contribution in [0.1, 0.15) is 33.1 Å². The van der Waals surface area contributed by atoms with E-state index in [1.807, 2.05) is 0 Å². The number of hydrogen-bond acceptors (Lipinski definition) is 6.